The molecule has 1 saturated heterocycles. The Morgan fingerprint density at radius 1 is 1.36 bits per heavy atom. The molecule has 2 rings (SSSR count). The Morgan fingerprint density at radius 2 is 2.04 bits per heavy atom. The molecule has 0 saturated carbocycles. The Labute approximate surface area is 163 Å². The summed E-state index contributed by atoms with van der Waals surface area (Å²) in [5, 5.41) is 3.75. The SMILES string of the molecule is COc1ccc([C@H](C)NC(=O)[C@H]2CC(=O)NN(C(=O)OC(C)(C)C)C2)cc1F. The fourth-order valence-corrected chi connectivity index (χ4v) is 2.73. The third-order valence-electron chi connectivity index (χ3n) is 4.11. The predicted molar refractivity (Wildman–Crippen MR) is 98.7 cm³/mol. The van der Waals surface area contributed by atoms with E-state index in [9.17, 15) is 18.8 Å². The molecule has 1 heterocycles. The van der Waals surface area contributed by atoms with E-state index in [4.69, 9.17) is 9.47 Å². The minimum Gasteiger partial charge on any atom is -0.494 e. The number of hydrogen-bond acceptors (Lipinski definition) is 5. The smallest absolute Gasteiger partial charge is 0.429 e. The van der Waals surface area contributed by atoms with Gasteiger partial charge in [-0.2, -0.15) is 0 Å². The Morgan fingerprint density at radius 3 is 2.61 bits per heavy atom. The Kier molecular flexibility index (Phi) is 6.48. The van der Waals surface area contributed by atoms with Crippen molar-refractivity contribution in [3.8, 4) is 5.75 Å². The van der Waals surface area contributed by atoms with Gasteiger partial charge >= 0.3 is 6.09 Å². The van der Waals surface area contributed by atoms with Crippen LogP contribution in [-0.4, -0.2) is 42.2 Å². The van der Waals surface area contributed by atoms with Crippen LogP contribution in [0.2, 0.25) is 0 Å². The van der Waals surface area contributed by atoms with Gasteiger partial charge in [0.15, 0.2) is 11.6 Å². The molecule has 1 aliphatic rings. The minimum absolute atomic E-state index is 0.0177. The molecule has 1 aromatic carbocycles. The molecule has 1 aliphatic heterocycles. The molecule has 2 N–H and O–H groups in total. The van der Waals surface area contributed by atoms with Crippen molar-refractivity contribution in [1.29, 1.82) is 0 Å². The van der Waals surface area contributed by atoms with Gasteiger partial charge in [0.25, 0.3) is 0 Å². The van der Waals surface area contributed by atoms with Crippen molar-refractivity contribution < 1.29 is 28.2 Å². The van der Waals surface area contributed by atoms with Crippen molar-refractivity contribution in [3.63, 3.8) is 0 Å². The van der Waals surface area contributed by atoms with Gasteiger partial charge in [0.1, 0.15) is 5.60 Å². The largest absolute Gasteiger partial charge is 0.494 e. The van der Waals surface area contributed by atoms with E-state index in [0.717, 1.165) is 5.01 Å². The number of nitrogens with one attached hydrogen (secondary N) is 2. The van der Waals surface area contributed by atoms with Gasteiger partial charge in [-0.1, -0.05) is 6.07 Å². The monoisotopic (exact) mass is 395 g/mol. The fourth-order valence-electron chi connectivity index (χ4n) is 2.73. The van der Waals surface area contributed by atoms with Gasteiger partial charge in [-0.25, -0.2) is 14.2 Å². The summed E-state index contributed by atoms with van der Waals surface area (Å²) >= 11 is 0. The highest BCUT2D eigenvalue weighted by atomic mass is 19.1. The third kappa shape index (κ3) is 5.58. The average molecular weight is 395 g/mol. The molecule has 28 heavy (non-hydrogen) atoms. The predicted octanol–water partition coefficient (Wildman–Crippen LogP) is 2.30. The summed E-state index contributed by atoms with van der Waals surface area (Å²) in [6.45, 7) is 6.80. The lowest BCUT2D eigenvalue weighted by Crippen LogP contribution is -2.57. The molecule has 0 spiro atoms. The Balaban J connectivity index is 2.03. The van der Waals surface area contributed by atoms with E-state index < -0.39 is 41.3 Å². The lowest BCUT2D eigenvalue weighted by molar-refractivity contribution is -0.138. The van der Waals surface area contributed by atoms with Crippen LogP contribution in [0.1, 0.15) is 45.7 Å². The normalized spacial score (nSPS) is 18.1. The number of carbonyl (C=O) groups excluding carboxylic acids is 3. The number of nitrogens with zero attached hydrogens (tertiary/aromatic N) is 1. The molecule has 0 bridgehead atoms. The number of hydrogen-bond donors (Lipinski definition) is 2. The van der Waals surface area contributed by atoms with Gasteiger partial charge in [0.2, 0.25) is 11.8 Å². The number of methoxy groups -OCH3 is 1. The van der Waals surface area contributed by atoms with Crippen molar-refractivity contribution >= 4 is 17.9 Å². The highest BCUT2D eigenvalue weighted by molar-refractivity contribution is 5.89. The zero-order valence-corrected chi connectivity index (χ0v) is 16.7. The van der Waals surface area contributed by atoms with E-state index in [1.165, 1.54) is 19.2 Å². The first-order chi connectivity index (χ1) is 13.0. The van der Waals surface area contributed by atoms with Crippen LogP contribution < -0.4 is 15.5 Å². The second kappa shape index (κ2) is 8.45. The molecule has 0 aromatic heterocycles. The fraction of sp³-hybridized carbons (Fsp3) is 0.526. The first-order valence-corrected chi connectivity index (χ1v) is 8.94. The summed E-state index contributed by atoms with van der Waals surface area (Å²) in [4.78, 5) is 36.7. The molecule has 9 heteroatoms. The van der Waals surface area contributed by atoms with Crippen LogP contribution in [0.4, 0.5) is 9.18 Å². The van der Waals surface area contributed by atoms with Gasteiger partial charge in [0, 0.05) is 6.42 Å². The van der Waals surface area contributed by atoms with Crippen LogP contribution in [-0.2, 0) is 14.3 Å². The molecule has 1 aromatic rings. The summed E-state index contributed by atoms with van der Waals surface area (Å²) in [6, 6.07) is 3.91. The molecular formula is C19H26FN3O5. The van der Waals surface area contributed by atoms with Gasteiger partial charge in [-0.15, -0.1) is 0 Å². The maximum Gasteiger partial charge on any atom is 0.429 e. The molecule has 3 amide bonds. The average Bonchev–Trinajstić information content (AvgIpc) is 2.59. The number of hydrazine groups is 1. The summed E-state index contributed by atoms with van der Waals surface area (Å²) in [5.41, 5.74) is 2.22. The molecule has 0 unspecified atom stereocenters. The van der Waals surface area contributed by atoms with Crippen molar-refractivity contribution in [2.24, 2.45) is 5.92 Å². The third-order valence-corrected chi connectivity index (χ3v) is 4.11. The molecule has 0 radical (unpaired) electrons. The molecular weight excluding hydrogens is 369 g/mol. The summed E-state index contributed by atoms with van der Waals surface area (Å²) in [5.74, 6) is -2.03. The molecule has 2 atom stereocenters. The van der Waals surface area contributed by atoms with Crippen molar-refractivity contribution in [1.82, 2.24) is 15.8 Å². The molecule has 1 fully saturated rings. The van der Waals surface area contributed by atoms with Crippen LogP contribution in [0.25, 0.3) is 0 Å². The van der Waals surface area contributed by atoms with Crippen LogP contribution in [0.5, 0.6) is 5.75 Å². The first-order valence-electron chi connectivity index (χ1n) is 8.94. The highest BCUT2D eigenvalue weighted by Gasteiger charge is 2.35. The maximum atomic E-state index is 13.9. The molecule has 154 valence electrons. The zero-order chi connectivity index (χ0) is 21.1. The van der Waals surface area contributed by atoms with E-state index in [1.807, 2.05) is 0 Å². The van der Waals surface area contributed by atoms with Crippen LogP contribution in [0, 0.1) is 11.7 Å². The van der Waals surface area contributed by atoms with Gasteiger partial charge in [-0.3, -0.25) is 15.0 Å². The zero-order valence-electron chi connectivity index (χ0n) is 16.7. The van der Waals surface area contributed by atoms with Crippen molar-refractivity contribution in [2.45, 2.75) is 45.8 Å². The van der Waals surface area contributed by atoms with Gasteiger partial charge < -0.3 is 14.8 Å². The maximum absolute atomic E-state index is 13.9. The van der Waals surface area contributed by atoms with Gasteiger partial charge in [-0.05, 0) is 45.4 Å². The quantitative estimate of drug-likeness (QED) is 0.815. The van der Waals surface area contributed by atoms with Crippen molar-refractivity contribution in [2.75, 3.05) is 13.7 Å². The number of ether oxygens (including phenoxy) is 2. The second-order valence-electron chi connectivity index (χ2n) is 7.65. The summed E-state index contributed by atoms with van der Waals surface area (Å²) < 4.78 is 24.0. The van der Waals surface area contributed by atoms with E-state index in [2.05, 4.69) is 10.7 Å². The summed E-state index contributed by atoms with van der Waals surface area (Å²) in [7, 11) is 1.37. The Bertz CT molecular complexity index is 762. The van der Waals surface area contributed by atoms with Crippen LogP contribution in [0.15, 0.2) is 18.2 Å². The topological polar surface area (TPSA) is 97.0 Å². The highest BCUT2D eigenvalue weighted by Crippen LogP contribution is 2.23. The van der Waals surface area contributed by atoms with E-state index >= 15 is 0 Å². The van der Waals surface area contributed by atoms with Crippen LogP contribution >= 0.6 is 0 Å². The number of rotatable bonds is 4. The van der Waals surface area contributed by atoms with E-state index in [0.29, 0.717) is 5.56 Å². The van der Waals surface area contributed by atoms with Crippen LogP contribution in [0.3, 0.4) is 0 Å². The van der Waals surface area contributed by atoms with Crippen molar-refractivity contribution in [3.05, 3.63) is 29.6 Å². The first kappa shape index (κ1) is 21.5. The lowest BCUT2D eigenvalue weighted by atomic mass is 10.0. The lowest BCUT2D eigenvalue weighted by Gasteiger charge is -2.33. The minimum atomic E-state index is -0.744. The molecule has 8 nitrogen and oxygen atoms in total. The summed E-state index contributed by atoms with van der Waals surface area (Å²) in [6.07, 6.45) is -0.793. The Hall–Kier alpha value is -2.84. The second-order valence-corrected chi connectivity index (χ2v) is 7.65. The number of benzene rings is 1. The standard InChI is InChI=1S/C19H26FN3O5/c1-11(12-6-7-15(27-5)14(20)8-12)21-17(25)13-9-16(24)22-23(10-13)18(26)28-19(2,3)4/h6-8,11,13H,9-10H2,1-5H3,(H,21,25)(H,22,24)/t11-,13-/m0/s1. The van der Waals surface area contributed by atoms with Gasteiger partial charge in [0.05, 0.1) is 25.6 Å². The van der Waals surface area contributed by atoms with E-state index in [-0.39, 0.29) is 18.7 Å². The number of carbonyl (C=O) groups is 3. The number of amides is 3. The van der Waals surface area contributed by atoms with E-state index in [1.54, 1.807) is 33.8 Å². The number of halogens is 1. The molecule has 0 aliphatic carbocycles.